The lowest BCUT2D eigenvalue weighted by Crippen LogP contribution is -2.31. The van der Waals surface area contributed by atoms with Crippen LogP contribution in [-0.2, 0) is 9.53 Å². The Morgan fingerprint density at radius 3 is 2.68 bits per heavy atom. The number of nitrogens with two attached hydrogens (primary N) is 1. The highest BCUT2D eigenvalue weighted by molar-refractivity contribution is 7.12. The zero-order valence-electron chi connectivity index (χ0n) is 14.5. The van der Waals surface area contributed by atoms with Crippen LogP contribution < -0.4 is 5.73 Å². The molecule has 4 heterocycles. The van der Waals surface area contributed by atoms with Crippen LogP contribution in [0.15, 0.2) is 52.5 Å². The van der Waals surface area contributed by atoms with Crippen molar-refractivity contribution in [3.05, 3.63) is 62.9 Å². The van der Waals surface area contributed by atoms with Crippen LogP contribution in [0.25, 0.3) is 0 Å². The van der Waals surface area contributed by atoms with E-state index >= 15 is 0 Å². The predicted molar refractivity (Wildman–Crippen MR) is 106 cm³/mol. The molecule has 1 aliphatic rings. The normalized spacial score (nSPS) is 16.1. The van der Waals surface area contributed by atoms with Gasteiger partial charge in [-0.2, -0.15) is 5.10 Å². The van der Waals surface area contributed by atoms with E-state index in [1.54, 1.807) is 22.7 Å². The van der Waals surface area contributed by atoms with Crippen LogP contribution in [0.5, 0.6) is 0 Å². The molecule has 0 fully saturated rings. The summed E-state index contributed by atoms with van der Waals surface area (Å²) in [5, 5.41) is 9.83. The van der Waals surface area contributed by atoms with Gasteiger partial charge in [0.25, 0.3) is 5.91 Å². The van der Waals surface area contributed by atoms with Gasteiger partial charge in [-0.1, -0.05) is 12.1 Å². The minimum atomic E-state index is -0.798. The number of hydrogen-bond acceptors (Lipinski definition) is 9. The number of nitrogen functional groups attached to an aromatic ring is 1. The van der Waals surface area contributed by atoms with Gasteiger partial charge in [-0.05, 0) is 22.9 Å². The molecule has 1 aliphatic heterocycles. The van der Waals surface area contributed by atoms with Crippen molar-refractivity contribution in [3.8, 4) is 0 Å². The van der Waals surface area contributed by atoms with Gasteiger partial charge in [0.15, 0.2) is 18.1 Å². The molecule has 0 saturated carbocycles. The van der Waals surface area contributed by atoms with Gasteiger partial charge >= 0.3 is 5.97 Å². The van der Waals surface area contributed by atoms with Gasteiger partial charge in [-0.3, -0.25) is 4.79 Å². The van der Waals surface area contributed by atoms with Gasteiger partial charge in [0.1, 0.15) is 0 Å². The minimum Gasteiger partial charge on any atom is -0.451 e. The number of ether oxygens (including phenoxy) is 1. The summed E-state index contributed by atoms with van der Waals surface area (Å²) in [5.41, 5.74) is 6.34. The number of thiophene rings is 2. The third kappa shape index (κ3) is 3.64. The highest BCUT2D eigenvalue weighted by Crippen LogP contribution is 2.35. The summed E-state index contributed by atoms with van der Waals surface area (Å²) >= 11 is 3.13. The van der Waals surface area contributed by atoms with Gasteiger partial charge in [0.05, 0.1) is 16.6 Å². The second kappa shape index (κ2) is 7.87. The van der Waals surface area contributed by atoms with Gasteiger partial charge < -0.3 is 10.5 Å². The first-order valence-electron chi connectivity index (χ1n) is 8.34. The van der Waals surface area contributed by atoms with Crippen molar-refractivity contribution in [2.24, 2.45) is 5.10 Å². The minimum absolute atomic E-state index is 0.0458. The van der Waals surface area contributed by atoms with Crippen LogP contribution in [0.3, 0.4) is 0 Å². The quantitative estimate of drug-likeness (QED) is 0.644. The molecule has 0 unspecified atom stereocenters. The van der Waals surface area contributed by atoms with Crippen molar-refractivity contribution in [2.45, 2.75) is 12.5 Å². The molecule has 8 nitrogen and oxygen atoms in total. The first-order chi connectivity index (χ1) is 13.6. The maximum atomic E-state index is 12.8. The number of amides is 1. The van der Waals surface area contributed by atoms with E-state index in [1.807, 2.05) is 35.0 Å². The molecule has 0 spiro atoms. The summed E-state index contributed by atoms with van der Waals surface area (Å²) in [4.78, 5) is 34.6. The Labute approximate surface area is 168 Å². The lowest BCUT2D eigenvalue weighted by Gasteiger charge is -2.20. The number of anilines is 1. The summed E-state index contributed by atoms with van der Waals surface area (Å²) in [5.74, 6) is -1.26. The van der Waals surface area contributed by atoms with Crippen LogP contribution in [-0.4, -0.2) is 39.2 Å². The first kappa shape index (κ1) is 18.3. The smallest absolute Gasteiger partial charge is 0.361 e. The number of carbonyl (C=O) groups is 2. The Balaban J connectivity index is 1.50. The first-order valence-corrected chi connectivity index (χ1v) is 10.1. The second-order valence-electron chi connectivity index (χ2n) is 5.86. The third-order valence-electron chi connectivity index (χ3n) is 4.09. The molecule has 0 bridgehead atoms. The molecule has 10 heteroatoms. The molecule has 142 valence electrons. The summed E-state index contributed by atoms with van der Waals surface area (Å²) in [7, 11) is 0. The molecular weight excluding hydrogens is 398 g/mol. The summed E-state index contributed by atoms with van der Waals surface area (Å²) in [6.45, 7) is -0.460. The Hall–Kier alpha value is -3.11. The fourth-order valence-corrected chi connectivity index (χ4v) is 4.33. The van der Waals surface area contributed by atoms with E-state index < -0.39 is 18.5 Å². The van der Waals surface area contributed by atoms with E-state index in [0.29, 0.717) is 6.42 Å². The number of hydrazone groups is 1. The summed E-state index contributed by atoms with van der Waals surface area (Å²) in [6.07, 6.45) is 3.31. The van der Waals surface area contributed by atoms with Crippen molar-refractivity contribution in [1.29, 1.82) is 0 Å². The lowest BCUT2D eigenvalue weighted by atomic mass is 10.1. The monoisotopic (exact) mass is 413 g/mol. The van der Waals surface area contributed by atoms with Crippen molar-refractivity contribution in [3.63, 3.8) is 0 Å². The average molecular weight is 413 g/mol. The highest BCUT2D eigenvalue weighted by Gasteiger charge is 2.34. The maximum absolute atomic E-state index is 12.8. The van der Waals surface area contributed by atoms with Gasteiger partial charge in [0, 0.05) is 23.7 Å². The Morgan fingerprint density at radius 2 is 1.96 bits per heavy atom. The van der Waals surface area contributed by atoms with Crippen molar-refractivity contribution >= 4 is 46.1 Å². The van der Waals surface area contributed by atoms with Crippen LogP contribution in [0.4, 0.5) is 5.82 Å². The van der Waals surface area contributed by atoms with E-state index in [0.717, 1.165) is 15.5 Å². The lowest BCUT2D eigenvalue weighted by molar-refractivity contribution is -0.136. The Morgan fingerprint density at radius 1 is 1.18 bits per heavy atom. The second-order valence-corrected chi connectivity index (χ2v) is 7.79. The number of aromatic nitrogens is 2. The molecule has 0 radical (unpaired) electrons. The maximum Gasteiger partial charge on any atom is 0.361 e. The number of nitrogens with zero attached hydrogens (tertiary/aromatic N) is 4. The van der Waals surface area contributed by atoms with E-state index in [9.17, 15) is 9.59 Å². The van der Waals surface area contributed by atoms with Crippen LogP contribution in [0.2, 0.25) is 0 Å². The molecule has 1 atom stereocenters. The van der Waals surface area contributed by atoms with E-state index in [2.05, 4.69) is 15.1 Å². The van der Waals surface area contributed by atoms with Gasteiger partial charge in [-0.15, -0.1) is 22.7 Å². The van der Waals surface area contributed by atoms with Crippen molar-refractivity contribution in [2.75, 3.05) is 12.3 Å². The van der Waals surface area contributed by atoms with Crippen LogP contribution in [0, 0.1) is 0 Å². The summed E-state index contributed by atoms with van der Waals surface area (Å²) < 4.78 is 5.10. The number of carbonyl (C=O) groups excluding carboxylic acids is 2. The molecule has 0 aliphatic carbocycles. The third-order valence-corrected chi connectivity index (χ3v) is 5.98. The van der Waals surface area contributed by atoms with Crippen LogP contribution in [0.1, 0.15) is 32.7 Å². The fraction of sp³-hybridized carbons (Fsp3) is 0.167. The molecule has 4 rings (SSSR count). The van der Waals surface area contributed by atoms with E-state index in [-0.39, 0.29) is 17.6 Å². The molecule has 3 aromatic heterocycles. The molecule has 2 N–H and O–H groups in total. The Bertz CT molecular complexity index is 1020. The molecule has 28 heavy (non-hydrogen) atoms. The van der Waals surface area contributed by atoms with Crippen molar-refractivity contribution < 1.29 is 14.3 Å². The molecule has 1 amide bonds. The van der Waals surface area contributed by atoms with Gasteiger partial charge in [0.2, 0.25) is 0 Å². The fourth-order valence-electron chi connectivity index (χ4n) is 2.80. The van der Waals surface area contributed by atoms with E-state index in [1.165, 1.54) is 17.4 Å². The van der Waals surface area contributed by atoms with Crippen molar-refractivity contribution in [1.82, 2.24) is 15.0 Å². The zero-order chi connectivity index (χ0) is 19.5. The number of rotatable bonds is 5. The van der Waals surface area contributed by atoms with Crippen LogP contribution >= 0.6 is 22.7 Å². The number of hydrogen-bond donors (Lipinski definition) is 1. The SMILES string of the molecule is Nc1nccnc1C(=O)OCC(=O)N1N=C(c2cccs2)C[C@@H]1c1cccs1. The molecule has 3 aromatic rings. The molecule has 0 saturated heterocycles. The molecule has 0 aromatic carbocycles. The average Bonchev–Trinajstić information content (AvgIpc) is 3.46. The highest BCUT2D eigenvalue weighted by atomic mass is 32.1. The molecular formula is C18H15N5O3S2. The zero-order valence-corrected chi connectivity index (χ0v) is 16.2. The van der Waals surface area contributed by atoms with Gasteiger partial charge in [-0.25, -0.2) is 19.8 Å². The van der Waals surface area contributed by atoms with E-state index in [4.69, 9.17) is 10.5 Å². The largest absolute Gasteiger partial charge is 0.451 e. The topological polar surface area (TPSA) is 111 Å². The number of esters is 1. The predicted octanol–water partition coefficient (Wildman–Crippen LogP) is 2.72. The standard InChI is InChI=1S/C18H15N5O3S2/c19-17-16(20-5-6-21-17)18(25)26-10-15(24)23-12(14-4-2-8-28-14)9-11(22-23)13-3-1-7-27-13/h1-8,12H,9-10H2,(H2,19,21)/t12-/m1/s1. The Kier molecular flexibility index (Phi) is 5.13. The summed E-state index contributed by atoms with van der Waals surface area (Å²) in [6, 6.07) is 7.60.